The molecule has 4 heterocycles. The fraction of sp³-hybridized carbons (Fsp3) is 0.444. The number of aromatic nitrogens is 3. The van der Waals surface area contributed by atoms with Crippen molar-refractivity contribution in [2.45, 2.75) is 37.7 Å². The van der Waals surface area contributed by atoms with Gasteiger partial charge in [-0.3, -0.25) is 14.1 Å². The van der Waals surface area contributed by atoms with Crippen molar-refractivity contribution >= 4 is 23.3 Å². The molecule has 214 valence electrons. The minimum Gasteiger partial charge on any atom is -0.406 e. The van der Waals surface area contributed by atoms with Crippen LogP contribution in [-0.4, -0.2) is 88.5 Å². The molecule has 0 unspecified atom stereocenters. The number of carbonyl (C=O) groups excluding carboxylic acids is 1. The number of nitrogens with one attached hydrogen (secondary N) is 1. The Labute approximate surface area is 233 Å². The molecule has 0 bridgehead atoms. The number of ether oxygens (including phenoxy) is 1. The summed E-state index contributed by atoms with van der Waals surface area (Å²) >= 11 is 6.59. The molecule has 2 aromatic heterocycles. The number of H-pyrrole nitrogens is 1. The Balaban J connectivity index is 1.18. The summed E-state index contributed by atoms with van der Waals surface area (Å²) in [7, 11) is 0. The van der Waals surface area contributed by atoms with Gasteiger partial charge in [0.15, 0.2) is 0 Å². The first-order valence-electron chi connectivity index (χ1n) is 13.1. The molecule has 13 heteroatoms. The van der Waals surface area contributed by atoms with Crippen LogP contribution in [0.25, 0.3) is 11.4 Å². The SMILES string of the molecule is O=C(c1ccc(OC(F)(F)F)cc1)N1CCC(N2CCN(c3ncc(-c4ncc[nH]4)cc3Cl)C[C@@H]2CCF)CC1. The molecule has 2 aliphatic rings. The monoisotopic (exact) mass is 580 g/mol. The third-order valence-electron chi connectivity index (χ3n) is 7.42. The number of carbonyl (C=O) groups is 1. The summed E-state index contributed by atoms with van der Waals surface area (Å²) in [5, 5.41) is 0.506. The van der Waals surface area contributed by atoms with Crippen molar-refractivity contribution in [3.63, 3.8) is 0 Å². The molecule has 1 aromatic carbocycles. The van der Waals surface area contributed by atoms with Gasteiger partial charge in [-0.25, -0.2) is 9.97 Å². The van der Waals surface area contributed by atoms with Crippen molar-refractivity contribution in [2.24, 2.45) is 0 Å². The van der Waals surface area contributed by atoms with E-state index in [1.165, 1.54) is 12.1 Å². The van der Waals surface area contributed by atoms with E-state index in [0.717, 1.165) is 30.5 Å². The van der Waals surface area contributed by atoms with Gasteiger partial charge in [-0.1, -0.05) is 11.6 Å². The Kier molecular flexibility index (Phi) is 8.46. The predicted octanol–water partition coefficient (Wildman–Crippen LogP) is 5.18. The van der Waals surface area contributed by atoms with Crippen LogP contribution in [0, 0.1) is 0 Å². The lowest BCUT2D eigenvalue weighted by molar-refractivity contribution is -0.274. The maximum Gasteiger partial charge on any atom is 0.573 e. The van der Waals surface area contributed by atoms with E-state index in [2.05, 4.69) is 29.5 Å². The van der Waals surface area contributed by atoms with Gasteiger partial charge in [0.05, 0.1) is 11.7 Å². The van der Waals surface area contributed by atoms with E-state index in [-0.39, 0.29) is 23.7 Å². The number of piperidine rings is 1. The molecule has 0 saturated carbocycles. The van der Waals surface area contributed by atoms with E-state index >= 15 is 0 Å². The zero-order valence-corrected chi connectivity index (χ0v) is 22.3. The Bertz CT molecular complexity index is 1280. The van der Waals surface area contributed by atoms with E-state index in [1.54, 1.807) is 23.5 Å². The van der Waals surface area contributed by atoms with Crippen molar-refractivity contribution in [2.75, 3.05) is 44.3 Å². The number of nitrogens with zero attached hydrogens (tertiary/aromatic N) is 5. The normalized spacial score (nSPS) is 19.2. The summed E-state index contributed by atoms with van der Waals surface area (Å²) in [6.07, 6.45) is 2.15. The van der Waals surface area contributed by atoms with E-state index in [9.17, 15) is 22.4 Å². The topological polar surface area (TPSA) is 77.6 Å². The van der Waals surface area contributed by atoms with Gasteiger partial charge in [0.25, 0.3) is 5.91 Å². The number of rotatable bonds is 7. The number of aromatic amines is 1. The fourth-order valence-electron chi connectivity index (χ4n) is 5.52. The Morgan fingerprint density at radius 3 is 2.48 bits per heavy atom. The molecule has 2 saturated heterocycles. The van der Waals surface area contributed by atoms with Gasteiger partial charge in [0, 0.05) is 74.5 Å². The molecule has 1 atom stereocenters. The van der Waals surface area contributed by atoms with Gasteiger partial charge in [-0.05, 0) is 49.6 Å². The number of alkyl halides is 4. The van der Waals surface area contributed by atoms with Crippen LogP contribution in [0.4, 0.5) is 23.4 Å². The molecule has 0 radical (unpaired) electrons. The largest absolute Gasteiger partial charge is 0.573 e. The lowest BCUT2D eigenvalue weighted by atomic mass is 9.97. The number of hydrogen-bond acceptors (Lipinski definition) is 6. The summed E-state index contributed by atoms with van der Waals surface area (Å²) < 4.78 is 54.7. The molecule has 2 aliphatic heterocycles. The molecular formula is C27H29ClF4N6O2. The average Bonchev–Trinajstić information content (AvgIpc) is 3.48. The standard InChI is InChI=1S/C27H29ClF4N6O2/c28-23-15-19(24-33-9-10-34-24)16-35-25(23)37-13-14-38(21(17-37)5-8-29)20-6-11-36(12-7-20)26(39)18-1-3-22(4-2-18)40-27(30,31)32/h1-4,9-10,15-16,20-21H,5-8,11-14,17H2,(H,33,34)/t21-/m0/s1. The van der Waals surface area contributed by atoms with E-state index < -0.39 is 13.0 Å². The zero-order valence-electron chi connectivity index (χ0n) is 21.6. The minimum absolute atomic E-state index is 0.0326. The average molecular weight is 581 g/mol. The van der Waals surface area contributed by atoms with Crippen LogP contribution < -0.4 is 9.64 Å². The third kappa shape index (κ3) is 6.49. The fourth-order valence-corrected chi connectivity index (χ4v) is 5.81. The summed E-state index contributed by atoms with van der Waals surface area (Å²) in [5.74, 6) is 0.734. The second-order valence-electron chi connectivity index (χ2n) is 9.88. The minimum atomic E-state index is -4.79. The molecule has 3 aromatic rings. The van der Waals surface area contributed by atoms with Crippen LogP contribution in [0.15, 0.2) is 48.9 Å². The second-order valence-corrected chi connectivity index (χ2v) is 10.3. The molecule has 1 amide bonds. The first kappa shape index (κ1) is 28.2. The summed E-state index contributed by atoms with van der Waals surface area (Å²) in [4.78, 5) is 30.9. The summed E-state index contributed by atoms with van der Waals surface area (Å²) in [6.45, 7) is 2.55. The number of hydrogen-bond donors (Lipinski definition) is 1. The summed E-state index contributed by atoms with van der Waals surface area (Å²) in [6, 6.07) is 6.94. The number of anilines is 1. The Hall–Kier alpha value is -3.38. The number of piperazine rings is 1. The lowest BCUT2D eigenvalue weighted by Crippen LogP contribution is -2.59. The van der Waals surface area contributed by atoms with E-state index in [1.807, 2.05) is 6.07 Å². The van der Waals surface area contributed by atoms with Gasteiger partial charge >= 0.3 is 6.36 Å². The highest BCUT2D eigenvalue weighted by Gasteiger charge is 2.36. The third-order valence-corrected chi connectivity index (χ3v) is 7.70. The second kappa shape index (κ2) is 12.0. The smallest absolute Gasteiger partial charge is 0.406 e. The number of halogens is 5. The Morgan fingerprint density at radius 2 is 1.85 bits per heavy atom. The Morgan fingerprint density at radius 1 is 1.10 bits per heavy atom. The van der Waals surface area contributed by atoms with Crippen molar-refractivity contribution in [3.8, 4) is 17.1 Å². The van der Waals surface area contributed by atoms with Crippen molar-refractivity contribution in [3.05, 3.63) is 59.5 Å². The molecule has 40 heavy (non-hydrogen) atoms. The predicted molar refractivity (Wildman–Crippen MR) is 142 cm³/mol. The van der Waals surface area contributed by atoms with Gasteiger partial charge in [-0.2, -0.15) is 0 Å². The van der Waals surface area contributed by atoms with Crippen LogP contribution >= 0.6 is 11.6 Å². The first-order chi connectivity index (χ1) is 19.2. The maximum atomic E-state index is 13.6. The van der Waals surface area contributed by atoms with Crippen molar-refractivity contribution in [1.29, 1.82) is 0 Å². The lowest BCUT2D eigenvalue weighted by Gasteiger charge is -2.47. The maximum absolute atomic E-state index is 13.6. The molecule has 2 fully saturated rings. The van der Waals surface area contributed by atoms with Gasteiger partial charge in [0.1, 0.15) is 17.4 Å². The van der Waals surface area contributed by atoms with Crippen LogP contribution in [0.5, 0.6) is 5.75 Å². The molecule has 0 spiro atoms. The highest BCUT2D eigenvalue weighted by Crippen LogP contribution is 2.31. The van der Waals surface area contributed by atoms with Gasteiger partial charge < -0.3 is 19.5 Å². The molecular weight excluding hydrogens is 552 g/mol. The quantitative estimate of drug-likeness (QED) is 0.388. The summed E-state index contributed by atoms with van der Waals surface area (Å²) in [5.41, 5.74) is 1.09. The van der Waals surface area contributed by atoms with Crippen LogP contribution in [-0.2, 0) is 0 Å². The first-order valence-corrected chi connectivity index (χ1v) is 13.5. The molecule has 0 aliphatic carbocycles. The zero-order chi connectivity index (χ0) is 28.3. The number of benzene rings is 1. The highest BCUT2D eigenvalue weighted by atomic mass is 35.5. The van der Waals surface area contributed by atoms with Gasteiger partial charge in [0.2, 0.25) is 0 Å². The van der Waals surface area contributed by atoms with Crippen LogP contribution in [0.1, 0.15) is 29.6 Å². The van der Waals surface area contributed by atoms with Gasteiger partial charge in [-0.15, -0.1) is 13.2 Å². The van der Waals surface area contributed by atoms with Crippen molar-refractivity contribution < 1.29 is 27.1 Å². The number of pyridine rings is 1. The number of likely N-dealkylation sites (tertiary alicyclic amines) is 1. The van der Waals surface area contributed by atoms with Crippen LogP contribution in [0.3, 0.4) is 0 Å². The van der Waals surface area contributed by atoms with Crippen molar-refractivity contribution in [1.82, 2.24) is 24.8 Å². The van der Waals surface area contributed by atoms with Crippen LogP contribution in [0.2, 0.25) is 5.02 Å². The van der Waals surface area contributed by atoms with E-state index in [4.69, 9.17) is 11.6 Å². The molecule has 1 N–H and O–H groups in total. The highest BCUT2D eigenvalue weighted by molar-refractivity contribution is 6.33. The van der Waals surface area contributed by atoms with E-state index in [0.29, 0.717) is 61.4 Å². The molecule has 5 rings (SSSR count). The molecule has 8 nitrogen and oxygen atoms in total. The number of amides is 1. The number of imidazole rings is 1.